The SMILES string of the molecule is CCCO[C@@H]1CC[C@H](c2nc(C)nn2Cc2ccccc2)C[C@H]1N. The smallest absolute Gasteiger partial charge is 0.147 e. The van der Waals surface area contributed by atoms with E-state index in [1.807, 2.05) is 13.0 Å². The highest BCUT2D eigenvalue weighted by Crippen LogP contribution is 2.33. The maximum absolute atomic E-state index is 6.37. The molecule has 5 heteroatoms. The Morgan fingerprint density at radius 1 is 1.25 bits per heavy atom. The lowest BCUT2D eigenvalue weighted by atomic mass is 9.83. The Kier molecular flexibility index (Phi) is 5.63. The minimum absolute atomic E-state index is 0.0810. The van der Waals surface area contributed by atoms with E-state index in [0.29, 0.717) is 5.92 Å². The van der Waals surface area contributed by atoms with E-state index in [4.69, 9.17) is 15.5 Å². The topological polar surface area (TPSA) is 66.0 Å². The third-order valence-corrected chi connectivity index (χ3v) is 4.72. The molecule has 0 spiro atoms. The molecule has 3 atom stereocenters. The lowest BCUT2D eigenvalue weighted by Gasteiger charge is -2.33. The molecule has 0 amide bonds. The van der Waals surface area contributed by atoms with Crippen molar-refractivity contribution in [3.63, 3.8) is 0 Å². The van der Waals surface area contributed by atoms with Crippen LogP contribution in [0.2, 0.25) is 0 Å². The number of benzene rings is 1. The van der Waals surface area contributed by atoms with Crippen LogP contribution in [0, 0.1) is 6.92 Å². The number of nitrogens with two attached hydrogens (primary N) is 1. The summed E-state index contributed by atoms with van der Waals surface area (Å²) in [5, 5.41) is 4.61. The fraction of sp³-hybridized carbons (Fsp3) is 0.579. The van der Waals surface area contributed by atoms with Crippen molar-refractivity contribution >= 4 is 0 Å². The second kappa shape index (κ2) is 7.90. The van der Waals surface area contributed by atoms with Gasteiger partial charge in [-0.15, -0.1) is 0 Å². The summed E-state index contributed by atoms with van der Waals surface area (Å²) >= 11 is 0. The second-order valence-electron chi connectivity index (χ2n) is 6.74. The summed E-state index contributed by atoms with van der Waals surface area (Å²) < 4.78 is 7.94. The molecule has 1 aliphatic rings. The zero-order valence-corrected chi connectivity index (χ0v) is 14.7. The van der Waals surface area contributed by atoms with Gasteiger partial charge in [-0.1, -0.05) is 37.3 Å². The van der Waals surface area contributed by atoms with E-state index in [-0.39, 0.29) is 12.1 Å². The third-order valence-electron chi connectivity index (χ3n) is 4.72. The second-order valence-corrected chi connectivity index (χ2v) is 6.74. The van der Waals surface area contributed by atoms with Crippen LogP contribution in [-0.4, -0.2) is 33.5 Å². The Morgan fingerprint density at radius 2 is 2.04 bits per heavy atom. The molecule has 24 heavy (non-hydrogen) atoms. The molecule has 2 aromatic rings. The Labute approximate surface area is 144 Å². The molecule has 5 nitrogen and oxygen atoms in total. The highest BCUT2D eigenvalue weighted by Gasteiger charge is 2.32. The van der Waals surface area contributed by atoms with Crippen LogP contribution in [0.15, 0.2) is 30.3 Å². The molecule has 0 bridgehead atoms. The Bertz CT molecular complexity index is 640. The molecule has 1 fully saturated rings. The summed E-state index contributed by atoms with van der Waals surface area (Å²) in [6, 6.07) is 10.5. The van der Waals surface area contributed by atoms with Gasteiger partial charge in [-0.3, -0.25) is 0 Å². The van der Waals surface area contributed by atoms with E-state index >= 15 is 0 Å². The number of ether oxygens (including phenoxy) is 1. The number of rotatable bonds is 6. The summed E-state index contributed by atoms with van der Waals surface area (Å²) in [4.78, 5) is 4.71. The molecule has 0 radical (unpaired) electrons. The van der Waals surface area contributed by atoms with Crippen molar-refractivity contribution in [2.45, 2.75) is 64.1 Å². The number of nitrogens with zero attached hydrogens (tertiary/aromatic N) is 3. The van der Waals surface area contributed by atoms with E-state index in [0.717, 1.165) is 50.5 Å². The summed E-state index contributed by atoms with van der Waals surface area (Å²) in [5.41, 5.74) is 7.62. The summed E-state index contributed by atoms with van der Waals surface area (Å²) in [5.74, 6) is 2.27. The molecule has 130 valence electrons. The average molecular weight is 328 g/mol. The van der Waals surface area contributed by atoms with Crippen molar-refractivity contribution < 1.29 is 4.74 Å². The third kappa shape index (κ3) is 4.02. The van der Waals surface area contributed by atoms with E-state index in [1.165, 1.54) is 5.56 Å². The van der Waals surface area contributed by atoms with Crippen molar-refractivity contribution in [3.05, 3.63) is 47.5 Å². The molecular weight excluding hydrogens is 300 g/mol. The number of aryl methyl sites for hydroxylation is 1. The quantitative estimate of drug-likeness (QED) is 0.885. The normalized spacial score (nSPS) is 24.2. The van der Waals surface area contributed by atoms with Crippen molar-refractivity contribution in [1.82, 2.24) is 14.8 Å². The van der Waals surface area contributed by atoms with Gasteiger partial charge in [-0.25, -0.2) is 9.67 Å². The molecule has 1 heterocycles. The first kappa shape index (κ1) is 17.1. The largest absolute Gasteiger partial charge is 0.377 e. The molecule has 3 rings (SSSR count). The first-order valence-corrected chi connectivity index (χ1v) is 8.99. The molecule has 0 aliphatic heterocycles. The van der Waals surface area contributed by atoms with E-state index < -0.39 is 0 Å². The van der Waals surface area contributed by atoms with Crippen LogP contribution < -0.4 is 5.73 Å². The molecule has 1 aromatic carbocycles. The minimum Gasteiger partial charge on any atom is -0.377 e. The molecule has 1 aromatic heterocycles. The molecule has 0 saturated heterocycles. The molecule has 1 saturated carbocycles. The first-order chi connectivity index (χ1) is 11.7. The van der Waals surface area contributed by atoms with Gasteiger partial charge in [-0.2, -0.15) is 5.10 Å². The first-order valence-electron chi connectivity index (χ1n) is 8.99. The predicted octanol–water partition coefficient (Wildman–Crippen LogP) is 3.02. The van der Waals surface area contributed by atoms with Crippen molar-refractivity contribution in [1.29, 1.82) is 0 Å². The van der Waals surface area contributed by atoms with Crippen LogP contribution >= 0.6 is 0 Å². The van der Waals surface area contributed by atoms with Gasteiger partial charge in [0.1, 0.15) is 11.6 Å². The summed E-state index contributed by atoms with van der Waals surface area (Å²) in [6.07, 6.45) is 4.21. The average Bonchev–Trinajstić information content (AvgIpc) is 2.95. The highest BCUT2D eigenvalue weighted by atomic mass is 16.5. The number of hydrogen-bond donors (Lipinski definition) is 1. The Hall–Kier alpha value is -1.72. The molecular formula is C19H28N4O. The van der Waals surface area contributed by atoms with Crippen molar-refractivity contribution in [3.8, 4) is 0 Å². The van der Waals surface area contributed by atoms with Crippen LogP contribution in [0.25, 0.3) is 0 Å². The predicted molar refractivity (Wildman–Crippen MR) is 94.9 cm³/mol. The van der Waals surface area contributed by atoms with Crippen LogP contribution in [-0.2, 0) is 11.3 Å². The number of hydrogen-bond acceptors (Lipinski definition) is 4. The standard InChI is InChI=1S/C19H28N4O/c1-3-11-24-18-10-9-16(12-17(18)20)19-21-14(2)22-23(19)13-15-7-5-4-6-8-15/h4-8,16-18H,3,9-13,20H2,1-2H3/t16-,17+,18+/m0/s1. The Balaban J connectivity index is 1.71. The summed E-state index contributed by atoms with van der Waals surface area (Å²) in [7, 11) is 0. The van der Waals surface area contributed by atoms with Gasteiger partial charge in [-0.05, 0) is 38.2 Å². The maximum Gasteiger partial charge on any atom is 0.147 e. The van der Waals surface area contributed by atoms with Crippen LogP contribution in [0.5, 0.6) is 0 Å². The van der Waals surface area contributed by atoms with Crippen LogP contribution in [0.4, 0.5) is 0 Å². The van der Waals surface area contributed by atoms with Crippen LogP contribution in [0.3, 0.4) is 0 Å². The van der Waals surface area contributed by atoms with Gasteiger partial charge in [0.15, 0.2) is 0 Å². The maximum atomic E-state index is 6.37. The molecule has 0 unspecified atom stereocenters. The Morgan fingerprint density at radius 3 is 2.75 bits per heavy atom. The van der Waals surface area contributed by atoms with Gasteiger partial charge in [0.05, 0.1) is 12.6 Å². The molecule has 2 N–H and O–H groups in total. The highest BCUT2D eigenvalue weighted by molar-refractivity contribution is 5.16. The van der Waals surface area contributed by atoms with Gasteiger partial charge in [0, 0.05) is 18.6 Å². The number of aromatic nitrogens is 3. The zero-order chi connectivity index (χ0) is 16.9. The van der Waals surface area contributed by atoms with Crippen LogP contribution in [0.1, 0.15) is 55.7 Å². The minimum atomic E-state index is 0.0810. The monoisotopic (exact) mass is 328 g/mol. The van der Waals surface area contributed by atoms with Gasteiger partial charge in [0.25, 0.3) is 0 Å². The lowest BCUT2D eigenvalue weighted by molar-refractivity contribution is 0.0107. The summed E-state index contributed by atoms with van der Waals surface area (Å²) in [6.45, 7) is 5.65. The van der Waals surface area contributed by atoms with Crippen molar-refractivity contribution in [2.24, 2.45) is 5.73 Å². The fourth-order valence-corrected chi connectivity index (χ4v) is 3.53. The lowest BCUT2D eigenvalue weighted by Crippen LogP contribution is -2.42. The van der Waals surface area contributed by atoms with E-state index in [9.17, 15) is 0 Å². The zero-order valence-electron chi connectivity index (χ0n) is 14.7. The molecule has 1 aliphatic carbocycles. The fourth-order valence-electron chi connectivity index (χ4n) is 3.53. The van der Waals surface area contributed by atoms with Gasteiger partial charge < -0.3 is 10.5 Å². The van der Waals surface area contributed by atoms with Gasteiger partial charge >= 0.3 is 0 Å². The van der Waals surface area contributed by atoms with Crippen molar-refractivity contribution in [2.75, 3.05) is 6.61 Å². The van der Waals surface area contributed by atoms with E-state index in [2.05, 4.69) is 41.0 Å². The van der Waals surface area contributed by atoms with Gasteiger partial charge in [0.2, 0.25) is 0 Å². The van der Waals surface area contributed by atoms with E-state index in [1.54, 1.807) is 0 Å².